The van der Waals surface area contributed by atoms with Gasteiger partial charge < -0.3 is 49.6 Å². The van der Waals surface area contributed by atoms with E-state index in [4.69, 9.17) is 24.7 Å². The molecule has 9 unspecified atom stereocenters. The third-order valence-corrected chi connectivity index (χ3v) is 9.33. The van der Waals surface area contributed by atoms with Gasteiger partial charge in [0.1, 0.15) is 36.6 Å². The first-order chi connectivity index (χ1) is 19.6. The summed E-state index contributed by atoms with van der Waals surface area (Å²) in [4.78, 5) is 12.3. The summed E-state index contributed by atoms with van der Waals surface area (Å²) in [5, 5.41) is 66.6. The van der Waals surface area contributed by atoms with Crippen molar-refractivity contribution in [2.24, 2.45) is 17.1 Å². The second-order valence-electron chi connectivity index (χ2n) is 12.7. The number of aliphatic hydroxyl groups excluding tert-OH is 5. The van der Waals surface area contributed by atoms with Crippen LogP contribution in [0.2, 0.25) is 0 Å². The van der Waals surface area contributed by atoms with Crippen molar-refractivity contribution in [2.75, 3.05) is 6.61 Å². The second-order valence-corrected chi connectivity index (χ2v) is 12.7. The van der Waals surface area contributed by atoms with E-state index >= 15 is 0 Å². The molecule has 2 aliphatic heterocycles. The van der Waals surface area contributed by atoms with E-state index in [1.165, 1.54) is 0 Å². The molecule has 0 aromatic rings. The van der Waals surface area contributed by atoms with Crippen LogP contribution in [0.3, 0.4) is 0 Å². The Balaban J connectivity index is 2.46. The van der Waals surface area contributed by atoms with Crippen molar-refractivity contribution in [3.63, 3.8) is 0 Å². The summed E-state index contributed by atoms with van der Waals surface area (Å²) in [6, 6.07) is -0.982. The van der Waals surface area contributed by atoms with Crippen molar-refractivity contribution in [2.45, 2.75) is 160 Å². The van der Waals surface area contributed by atoms with E-state index in [1.807, 2.05) is 48.5 Å². The van der Waals surface area contributed by atoms with Gasteiger partial charge in [-0.15, -0.1) is 0 Å². The maximum atomic E-state index is 12.3. The van der Waals surface area contributed by atoms with Gasteiger partial charge in [-0.05, 0) is 37.5 Å². The fraction of sp³-hybridized carbons (Fsp3) is 0.966. The van der Waals surface area contributed by atoms with Gasteiger partial charge in [0.05, 0.1) is 24.4 Å². The van der Waals surface area contributed by atoms with Crippen LogP contribution in [0.4, 0.5) is 0 Å². The molecule has 0 amide bonds. The van der Waals surface area contributed by atoms with Crippen molar-refractivity contribution in [3.8, 4) is 0 Å². The van der Waals surface area contributed by atoms with Gasteiger partial charge in [-0.1, -0.05) is 60.8 Å². The van der Waals surface area contributed by atoms with Crippen LogP contribution in [-0.4, -0.2) is 116 Å². The summed E-state index contributed by atoms with van der Waals surface area (Å²) in [7, 11) is 0. The van der Waals surface area contributed by atoms with Gasteiger partial charge in [0.15, 0.2) is 18.7 Å². The van der Waals surface area contributed by atoms with Crippen LogP contribution in [0.5, 0.6) is 0 Å². The fourth-order valence-electron chi connectivity index (χ4n) is 6.14. The highest BCUT2D eigenvalue weighted by Gasteiger charge is 2.56. The number of carbonyl (C=O) groups is 1. The summed E-state index contributed by atoms with van der Waals surface area (Å²) >= 11 is 0. The zero-order valence-electron chi connectivity index (χ0n) is 26.2. The number of aliphatic hydroxyl groups is 5. The fourth-order valence-corrected chi connectivity index (χ4v) is 6.14. The molecule has 0 aromatic heterocycles. The van der Waals surface area contributed by atoms with E-state index in [1.54, 1.807) is 0 Å². The summed E-state index contributed by atoms with van der Waals surface area (Å²) in [6.45, 7) is 13.2. The lowest BCUT2D eigenvalue weighted by Gasteiger charge is -2.54. The van der Waals surface area contributed by atoms with Crippen molar-refractivity contribution in [1.29, 1.82) is 0 Å². The molecule has 42 heavy (non-hydrogen) atoms. The van der Waals surface area contributed by atoms with Gasteiger partial charge in [-0.2, -0.15) is 0 Å². The minimum Gasteiger partial charge on any atom is -0.479 e. The Bertz CT molecular complexity index is 835. The number of nitrogens with two attached hydrogens (primary N) is 1. The van der Waals surface area contributed by atoms with Crippen molar-refractivity contribution >= 4 is 5.97 Å². The Morgan fingerprint density at radius 1 is 1.00 bits per heavy atom. The molecule has 0 spiro atoms. The highest BCUT2D eigenvalue weighted by Crippen LogP contribution is 2.44. The van der Waals surface area contributed by atoms with Gasteiger partial charge in [0, 0.05) is 0 Å². The molecule has 13 nitrogen and oxygen atoms in total. The maximum absolute atomic E-state index is 12.3. The second kappa shape index (κ2) is 15.8. The number of carboxylic acids is 1. The van der Waals surface area contributed by atoms with Crippen LogP contribution >= 0.6 is 0 Å². The molecule has 2 aliphatic rings. The van der Waals surface area contributed by atoms with Crippen LogP contribution in [0, 0.1) is 11.3 Å². The Morgan fingerprint density at radius 2 is 1.64 bits per heavy atom. The zero-order valence-corrected chi connectivity index (χ0v) is 26.2. The Morgan fingerprint density at radius 3 is 2.12 bits per heavy atom. The number of unbranched alkanes of at least 4 members (excludes halogenated alkanes) is 1. The van der Waals surface area contributed by atoms with Gasteiger partial charge in [-0.3, -0.25) is 11.1 Å². The summed E-state index contributed by atoms with van der Waals surface area (Å²) in [5.74, 6) is -1.38. The van der Waals surface area contributed by atoms with E-state index in [-0.39, 0.29) is 5.92 Å². The summed E-state index contributed by atoms with van der Waals surface area (Å²) < 4.78 is 24.2. The number of nitrogens with one attached hydrogen (secondary N) is 1. The normalized spacial score (nSPS) is 37.7. The van der Waals surface area contributed by atoms with Crippen LogP contribution in [-0.2, 0) is 23.7 Å². The molecule has 13 atom stereocenters. The first-order valence-corrected chi connectivity index (χ1v) is 15.3. The molecule has 0 bridgehead atoms. The van der Waals surface area contributed by atoms with Crippen LogP contribution in [0.25, 0.3) is 0 Å². The third kappa shape index (κ3) is 8.39. The Labute approximate surface area is 249 Å². The standard InChI is InChI=1S/C29H56N2O11/c1-8-11-13-28(6,10-3)42-22-19(34)20(35)26(41-23(22)25(36)37)40-21-17(31-27(30)38)24(39-16(14-32)18(21)33)29(7,12-9-2)15(4)5/h15-24,26-27,31-35,38H,8-14,30H2,1-7H3,(H,36,37)/t16?,17?,18-,19?,20?,21?,22+,23?,24?,26-,27?,28-,29?/m1/s1. The maximum Gasteiger partial charge on any atom is 0.335 e. The summed E-state index contributed by atoms with van der Waals surface area (Å²) in [6.07, 6.45) is -10.1. The molecule has 9 N–H and O–H groups in total. The Kier molecular flexibility index (Phi) is 14.0. The smallest absolute Gasteiger partial charge is 0.335 e. The van der Waals surface area contributed by atoms with Gasteiger partial charge in [-0.25, -0.2) is 4.79 Å². The van der Waals surface area contributed by atoms with E-state index < -0.39 is 91.1 Å². The SMILES string of the molecule is CCCC[C@@](C)(CC)O[C@@H]1C(C(=O)O)O[C@@H](OC2C(NC(N)O)C(C(C)(CCC)C(C)C)OC(CO)[C@H]2O)C(O)C1O. The predicted molar refractivity (Wildman–Crippen MR) is 153 cm³/mol. The van der Waals surface area contributed by atoms with Crippen molar-refractivity contribution in [1.82, 2.24) is 5.32 Å². The molecule has 0 saturated carbocycles. The average molecular weight is 609 g/mol. The number of ether oxygens (including phenoxy) is 4. The lowest BCUT2D eigenvalue weighted by Crippen LogP contribution is -2.71. The topological polar surface area (TPSA) is 213 Å². The van der Waals surface area contributed by atoms with Crippen LogP contribution < -0.4 is 11.1 Å². The quantitative estimate of drug-likeness (QED) is 0.112. The first-order valence-electron chi connectivity index (χ1n) is 15.3. The van der Waals surface area contributed by atoms with Crippen molar-refractivity contribution in [3.05, 3.63) is 0 Å². The molecule has 2 rings (SSSR count). The third-order valence-electron chi connectivity index (χ3n) is 9.33. The number of hydrogen-bond donors (Lipinski definition) is 8. The highest BCUT2D eigenvalue weighted by atomic mass is 16.7. The molecule has 2 saturated heterocycles. The lowest BCUT2D eigenvalue weighted by atomic mass is 9.67. The molecule has 248 valence electrons. The van der Waals surface area contributed by atoms with Crippen LogP contribution in [0.1, 0.15) is 87.0 Å². The number of aliphatic carboxylic acids is 1. The number of carboxylic acid groups (broad SMARTS) is 1. The van der Waals surface area contributed by atoms with Gasteiger partial charge >= 0.3 is 5.97 Å². The molecule has 2 fully saturated rings. The molecular formula is C29H56N2O11. The van der Waals surface area contributed by atoms with Gasteiger partial charge in [0.25, 0.3) is 0 Å². The lowest BCUT2D eigenvalue weighted by molar-refractivity contribution is -0.342. The number of hydrogen-bond acceptors (Lipinski definition) is 12. The average Bonchev–Trinajstić information content (AvgIpc) is 2.92. The molecule has 0 radical (unpaired) electrons. The number of rotatable bonds is 16. The molecule has 13 heteroatoms. The van der Waals surface area contributed by atoms with Gasteiger partial charge in [0.2, 0.25) is 0 Å². The summed E-state index contributed by atoms with van der Waals surface area (Å²) in [5.41, 5.74) is 4.40. The van der Waals surface area contributed by atoms with E-state index in [2.05, 4.69) is 5.32 Å². The Hall–Kier alpha value is -0.970. The molecular weight excluding hydrogens is 552 g/mol. The highest BCUT2D eigenvalue weighted by molar-refractivity contribution is 5.73. The van der Waals surface area contributed by atoms with E-state index in [9.17, 15) is 35.4 Å². The van der Waals surface area contributed by atoms with E-state index in [0.29, 0.717) is 19.3 Å². The van der Waals surface area contributed by atoms with Crippen molar-refractivity contribution < 1.29 is 54.4 Å². The van der Waals surface area contributed by atoms with E-state index in [0.717, 1.165) is 19.3 Å². The minimum absolute atomic E-state index is 0.0464. The van der Waals surface area contributed by atoms with Crippen LogP contribution in [0.15, 0.2) is 0 Å². The molecule has 2 heterocycles. The molecule has 0 aromatic carbocycles. The monoisotopic (exact) mass is 608 g/mol. The minimum atomic E-state index is -1.76. The largest absolute Gasteiger partial charge is 0.479 e. The molecule has 0 aliphatic carbocycles. The predicted octanol–water partition coefficient (Wildman–Crippen LogP) is 0.423. The zero-order chi connectivity index (χ0) is 32.0. The first kappa shape index (κ1) is 37.2.